The topological polar surface area (TPSA) is 80.4 Å². The van der Waals surface area contributed by atoms with Gasteiger partial charge in [0, 0.05) is 16.8 Å². The van der Waals surface area contributed by atoms with Crippen LogP contribution in [0.3, 0.4) is 0 Å². The summed E-state index contributed by atoms with van der Waals surface area (Å²) in [5, 5.41) is 18.1. The van der Waals surface area contributed by atoms with Gasteiger partial charge in [-0.1, -0.05) is 6.07 Å². The van der Waals surface area contributed by atoms with E-state index < -0.39 is 11.4 Å². The SMILES string of the molecule is Cc1cc(-c2c(F)cccc2C#N)c(C#N)c(=O)[nH]1. The van der Waals surface area contributed by atoms with E-state index >= 15 is 0 Å². The number of H-pyrrole nitrogens is 1. The first-order valence-corrected chi connectivity index (χ1v) is 5.41. The van der Waals surface area contributed by atoms with Gasteiger partial charge < -0.3 is 4.98 Å². The molecule has 1 aromatic heterocycles. The van der Waals surface area contributed by atoms with Gasteiger partial charge in [0.1, 0.15) is 17.4 Å². The van der Waals surface area contributed by atoms with Crippen LogP contribution in [0, 0.1) is 35.4 Å². The Bertz CT molecular complexity index is 794. The zero-order valence-corrected chi connectivity index (χ0v) is 9.99. The van der Waals surface area contributed by atoms with Crippen LogP contribution < -0.4 is 5.56 Å². The van der Waals surface area contributed by atoms with Crippen molar-refractivity contribution >= 4 is 0 Å². The Labute approximate surface area is 108 Å². The molecule has 19 heavy (non-hydrogen) atoms. The molecule has 4 nitrogen and oxygen atoms in total. The molecule has 0 radical (unpaired) electrons. The number of benzene rings is 1. The zero-order chi connectivity index (χ0) is 14.0. The second kappa shape index (κ2) is 4.75. The lowest BCUT2D eigenvalue weighted by Crippen LogP contribution is -2.13. The predicted octanol–water partition coefficient (Wildman–Crippen LogP) is 2.23. The summed E-state index contributed by atoms with van der Waals surface area (Å²) in [5.74, 6) is -0.638. The lowest BCUT2D eigenvalue weighted by molar-refractivity contribution is 0.631. The first-order valence-electron chi connectivity index (χ1n) is 5.41. The van der Waals surface area contributed by atoms with Crippen molar-refractivity contribution in [3.8, 4) is 23.3 Å². The highest BCUT2D eigenvalue weighted by molar-refractivity contribution is 5.76. The Morgan fingerprint density at radius 2 is 2.00 bits per heavy atom. The normalized spacial score (nSPS) is 9.68. The lowest BCUT2D eigenvalue weighted by Gasteiger charge is -2.08. The summed E-state index contributed by atoms with van der Waals surface area (Å²) in [6, 6.07) is 9.13. The maximum absolute atomic E-state index is 13.9. The average Bonchev–Trinajstić information content (AvgIpc) is 2.37. The third kappa shape index (κ3) is 2.10. The average molecular weight is 253 g/mol. The van der Waals surface area contributed by atoms with Crippen LogP contribution in [0.5, 0.6) is 0 Å². The van der Waals surface area contributed by atoms with E-state index in [1.807, 2.05) is 6.07 Å². The molecule has 0 fully saturated rings. The van der Waals surface area contributed by atoms with Crippen molar-refractivity contribution in [3.05, 3.63) is 57.3 Å². The highest BCUT2D eigenvalue weighted by Crippen LogP contribution is 2.28. The van der Waals surface area contributed by atoms with E-state index in [4.69, 9.17) is 10.5 Å². The molecule has 5 heteroatoms. The minimum Gasteiger partial charge on any atom is -0.325 e. The van der Waals surface area contributed by atoms with Crippen molar-refractivity contribution in [1.82, 2.24) is 4.98 Å². The summed E-state index contributed by atoms with van der Waals surface area (Å²) in [7, 11) is 0. The number of aryl methyl sites for hydroxylation is 1. The van der Waals surface area contributed by atoms with E-state index in [9.17, 15) is 9.18 Å². The molecule has 0 unspecified atom stereocenters. The Morgan fingerprint density at radius 3 is 2.63 bits per heavy atom. The zero-order valence-electron chi connectivity index (χ0n) is 9.99. The number of hydrogen-bond acceptors (Lipinski definition) is 3. The first-order chi connectivity index (χ1) is 9.08. The number of nitriles is 2. The standard InChI is InChI=1S/C14H8FN3O/c1-8-5-10(11(7-17)14(19)18-8)13-9(6-16)3-2-4-12(13)15/h2-5H,1H3,(H,18,19). The van der Waals surface area contributed by atoms with Gasteiger partial charge in [0.2, 0.25) is 0 Å². The van der Waals surface area contributed by atoms with Gasteiger partial charge in [-0.2, -0.15) is 10.5 Å². The molecule has 0 amide bonds. The molecule has 1 N–H and O–H groups in total. The number of aromatic amines is 1. The molecule has 0 aliphatic rings. The van der Waals surface area contributed by atoms with E-state index in [0.717, 1.165) is 0 Å². The fourth-order valence-electron chi connectivity index (χ4n) is 1.89. The fraction of sp³-hybridized carbons (Fsp3) is 0.0714. The van der Waals surface area contributed by atoms with Gasteiger partial charge in [-0.15, -0.1) is 0 Å². The van der Waals surface area contributed by atoms with Crippen molar-refractivity contribution in [2.45, 2.75) is 6.92 Å². The molecule has 0 saturated heterocycles. The van der Waals surface area contributed by atoms with Crippen LogP contribution >= 0.6 is 0 Å². The molecular formula is C14H8FN3O. The predicted molar refractivity (Wildman–Crippen MR) is 66.6 cm³/mol. The Balaban J connectivity index is 2.92. The second-order valence-electron chi connectivity index (χ2n) is 3.96. The minimum absolute atomic E-state index is 0.0178. The van der Waals surface area contributed by atoms with Crippen LogP contribution in [0.15, 0.2) is 29.1 Å². The lowest BCUT2D eigenvalue weighted by atomic mass is 9.96. The maximum Gasteiger partial charge on any atom is 0.266 e. The summed E-state index contributed by atoms with van der Waals surface area (Å²) in [6.45, 7) is 1.62. The monoisotopic (exact) mass is 253 g/mol. The molecule has 92 valence electrons. The quantitative estimate of drug-likeness (QED) is 0.846. The van der Waals surface area contributed by atoms with Gasteiger partial charge in [0.15, 0.2) is 0 Å². The minimum atomic E-state index is -0.638. The van der Waals surface area contributed by atoms with Gasteiger partial charge in [-0.05, 0) is 25.1 Å². The summed E-state index contributed by atoms with van der Waals surface area (Å²) in [5.41, 5.74) is -0.0985. The van der Waals surface area contributed by atoms with E-state index in [1.165, 1.54) is 24.3 Å². The second-order valence-corrected chi connectivity index (χ2v) is 3.96. The molecule has 1 heterocycles. The number of aromatic nitrogens is 1. The Hall–Kier alpha value is -2.92. The summed E-state index contributed by atoms with van der Waals surface area (Å²) >= 11 is 0. The van der Waals surface area contributed by atoms with Crippen molar-refractivity contribution < 1.29 is 4.39 Å². The van der Waals surface area contributed by atoms with Gasteiger partial charge in [-0.3, -0.25) is 4.79 Å². The van der Waals surface area contributed by atoms with Crippen LogP contribution in [0.25, 0.3) is 11.1 Å². The van der Waals surface area contributed by atoms with Gasteiger partial charge in [0.05, 0.1) is 11.6 Å². The maximum atomic E-state index is 13.9. The fourth-order valence-corrected chi connectivity index (χ4v) is 1.89. The third-order valence-corrected chi connectivity index (χ3v) is 2.68. The van der Waals surface area contributed by atoms with Crippen molar-refractivity contribution in [2.24, 2.45) is 0 Å². The van der Waals surface area contributed by atoms with E-state index in [0.29, 0.717) is 5.69 Å². The van der Waals surface area contributed by atoms with Gasteiger partial charge >= 0.3 is 0 Å². The highest BCUT2D eigenvalue weighted by Gasteiger charge is 2.17. The van der Waals surface area contributed by atoms with Crippen molar-refractivity contribution in [3.63, 3.8) is 0 Å². The Morgan fingerprint density at radius 1 is 1.26 bits per heavy atom. The number of hydrogen-bond donors (Lipinski definition) is 1. The Kier molecular flexibility index (Phi) is 3.14. The molecule has 0 bridgehead atoms. The van der Waals surface area contributed by atoms with Crippen LogP contribution in [0.2, 0.25) is 0 Å². The van der Waals surface area contributed by atoms with Crippen LogP contribution in [-0.2, 0) is 0 Å². The summed E-state index contributed by atoms with van der Waals surface area (Å²) in [4.78, 5) is 14.2. The molecule has 1 aromatic carbocycles. The largest absolute Gasteiger partial charge is 0.325 e. The summed E-state index contributed by atoms with van der Waals surface area (Å²) < 4.78 is 13.9. The number of halogens is 1. The molecule has 2 rings (SSSR count). The number of nitrogens with zero attached hydrogens (tertiary/aromatic N) is 2. The first kappa shape index (κ1) is 12.5. The number of rotatable bonds is 1. The van der Waals surface area contributed by atoms with Crippen molar-refractivity contribution in [2.75, 3.05) is 0 Å². The molecule has 2 aromatic rings. The van der Waals surface area contributed by atoms with Gasteiger partial charge in [0.25, 0.3) is 5.56 Å². The summed E-state index contributed by atoms with van der Waals surface area (Å²) in [6.07, 6.45) is 0. The molecule has 0 aliphatic carbocycles. The number of nitrogens with one attached hydrogen (secondary N) is 1. The van der Waals surface area contributed by atoms with Crippen LogP contribution in [0.1, 0.15) is 16.8 Å². The highest BCUT2D eigenvalue weighted by atomic mass is 19.1. The van der Waals surface area contributed by atoms with E-state index in [-0.39, 0.29) is 22.3 Å². The number of pyridine rings is 1. The molecule has 0 spiro atoms. The van der Waals surface area contributed by atoms with Gasteiger partial charge in [-0.25, -0.2) is 4.39 Å². The van der Waals surface area contributed by atoms with E-state index in [2.05, 4.69) is 4.98 Å². The van der Waals surface area contributed by atoms with Crippen LogP contribution in [0.4, 0.5) is 4.39 Å². The smallest absolute Gasteiger partial charge is 0.266 e. The third-order valence-electron chi connectivity index (χ3n) is 2.68. The molecule has 0 atom stereocenters. The molecule has 0 saturated carbocycles. The van der Waals surface area contributed by atoms with E-state index in [1.54, 1.807) is 13.0 Å². The molecular weight excluding hydrogens is 245 g/mol. The van der Waals surface area contributed by atoms with Crippen LogP contribution in [-0.4, -0.2) is 4.98 Å². The van der Waals surface area contributed by atoms with Crippen molar-refractivity contribution in [1.29, 1.82) is 10.5 Å². The molecule has 0 aliphatic heterocycles.